The maximum atomic E-state index is 2.43. The molecule has 55 heavy (non-hydrogen) atoms. The minimum absolute atomic E-state index is 0.0583. The summed E-state index contributed by atoms with van der Waals surface area (Å²) in [5, 5.41) is 0. The van der Waals surface area contributed by atoms with Gasteiger partial charge in [-0.1, -0.05) is 179 Å². The van der Waals surface area contributed by atoms with Crippen LogP contribution in [0.25, 0.3) is 55.6 Å². The average molecular weight is 706 g/mol. The summed E-state index contributed by atoms with van der Waals surface area (Å²) in [6.45, 7) is 9.42. The van der Waals surface area contributed by atoms with E-state index in [4.69, 9.17) is 0 Å². The number of nitrogens with zero attached hydrogens (tertiary/aromatic N) is 1. The van der Waals surface area contributed by atoms with Crippen molar-refractivity contribution in [2.75, 3.05) is 4.90 Å². The van der Waals surface area contributed by atoms with Gasteiger partial charge in [0, 0.05) is 27.9 Å². The van der Waals surface area contributed by atoms with Gasteiger partial charge in [-0.2, -0.15) is 0 Å². The maximum Gasteiger partial charge on any atom is 0.0467 e. The Labute approximate surface area is 325 Å². The van der Waals surface area contributed by atoms with Crippen molar-refractivity contribution in [2.45, 2.75) is 38.5 Å². The lowest BCUT2D eigenvalue weighted by Gasteiger charge is -2.27. The second-order valence-electron chi connectivity index (χ2n) is 16.1. The first-order valence-electron chi connectivity index (χ1n) is 19.4. The normalized spacial score (nSPS) is 14.1. The van der Waals surface area contributed by atoms with Gasteiger partial charge in [0.2, 0.25) is 0 Å². The van der Waals surface area contributed by atoms with E-state index in [-0.39, 0.29) is 10.8 Å². The van der Waals surface area contributed by atoms with Gasteiger partial charge < -0.3 is 4.90 Å². The zero-order valence-corrected chi connectivity index (χ0v) is 31.8. The molecule has 0 radical (unpaired) electrons. The molecule has 264 valence electrons. The molecule has 1 heteroatoms. The molecule has 0 amide bonds. The summed E-state index contributed by atoms with van der Waals surface area (Å²) in [4.78, 5) is 2.43. The highest BCUT2D eigenvalue weighted by Crippen LogP contribution is 2.54. The van der Waals surface area contributed by atoms with E-state index in [2.05, 4.69) is 221 Å². The van der Waals surface area contributed by atoms with Crippen molar-refractivity contribution in [3.8, 4) is 55.6 Å². The van der Waals surface area contributed by atoms with Crippen LogP contribution < -0.4 is 4.90 Å². The van der Waals surface area contributed by atoms with Crippen molar-refractivity contribution < 1.29 is 0 Å². The summed E-state index contributed by atoms with van der Waals surface area (Å²) >= 11 is 0. The first kappa shape index (κ1) is 33.2. The fraction of sp³-hybridized carbons (Fsp3) is 0.111. The molecule has 0 saturated heterocycles. The Morgan fingerprint density at radius 1 is 0.291 bits per heavy atom. The van der Waals surface area contributed by atoms with E-state index in [9.17, 15) is 0 Å². The molecule has 0 heterocycles. The topological polar surface area (TPSA) is 3.24 Å². The minimum atomic E-state index is -0.0583. The molecule has 2 aliphatic rings. The third-order valence-electron chi connectivity index (χ3n) is 12.3. The Hall–Kier alpha value is -6.44. The number of rotatable bonds is 6. The smallest absolute Gasteiger partial charge is 0.0467 e. The largest absolute Gasteiger partial charge is 0.310 e. The first-order valence-corrected chi connectivity index (χ1v) is 19.4. The van der Waals surface area contributed by atoms with Crippen molar-refractivity contribution in [3.63, 3.8) is 0 Å². The van der Waals surface area contributed by atoms with Crippen LogP contribution in [0.5, 0.6) is 0 Å². The number of benzene rings is 8. The minimum Gasteiger partial charge on any atom is -0.310 e. The van der Waals surface area contributed by atoms with Crippen molar-refractivity contribution >= 4 is 17.1 Å². The van der Waals surface area contributed by atoms with Gasteiger partial charge in [0.05, 0.1) is 0 Å². The van der Waals surface area contributed by atoms with Crippen molar-refractivity contribution in [1.82, 2.24) is 0 Å². The van der Waals surface area contributed by atoms with Crippen molar-refractivity contribution in [3.05, 3.63) is 210 Å². The Morgan fingerprint density at radius 3 is 1.13 bits per heavy atom. The summed E-state index contributed by atoms with van der Waals surface area (Å²) in [5.41, 5.74) is 21.5. The predicted molar refractivity (Wildman–Crippen MR) is 233 cm³/mol. The molecule has 0 bridgehead atoms. The van der Waals surface area contributed by atoms with E-state index in [1.54, 1.807) is 0 Å². The summed E-state index contributed by atoms with van der Waals surface area (Å²) in [7, 11) is 0. The molecular weight excluding hydrogens is 663 g/mol. The summed E-state index contributed by atoms with van der Waals surface area (Å²) < 4.78 is 0. The third-order valence-corrected chi connectivity index (χ3v) is 12.3. The molecule has 0 aromatic heterocycles. The lowest BCUT2D eigenvalue weighted by atomic mass is 9.82. The van der Waals surface area contributed by atoms with E-state index in [1.807, 2.05) is 0 Å². The van der Waals surface area contributed by atoms with Gasteiger partial charge in [-0.05, 0) is 114 Å². The highest BCUT2D eigenvalue weighted by atomic mass is 15.1. The molecule has 0 spiro atoms. The van der Waals surface area contributed by atoms with Gasteiger partial charge >= 0.3 is 0 Å². The van der Waals surface area contributed by atoms with Crippen LogP contribution in [0.1, 0.15) is 49.9 Å². The van der Waals surface area contributed by atoms with Gasteiger partial charge in [0.25, 0.3) is 0 Å². The lowest BCUT2D eigenvalue weighted by Crippen LogP contribution is -2.14. The summed E-state index contributed by atoms with van der Waals surface area (Å²) in [6.07, 6.45) is 0. The number of anilines is 3. The second kappa shape index (κ2) is 12.6. The van der Waals surface area contributed by atoms with Crippen LogP contribution in [-0.2, 0) is 10.8 Å². The van der Waals surface area contributed by atoms with Gasteiger partial charge in [0.1, 0.15) is 0 Å². The SMILES string of the molecule is CC1(C)c2ccccc2-c2c(-c3cccc(N(c4cccc(-c5ccccc5)c4)c4cccc(-c5cccc6c5-c5ccccc5C6(C)C)c4)c3)cccc21. The highest BCUT2D eigenvalue weighted by Gasteiger charge is 2.38. The van der Waals surface area contributed by atoms with Gasteiger partial charge in [-0.15, -0.1) is 0 Å². The molecule has 0 N–H and O–H groups in total. The molecule has 10 rings (SSSR count). The summed E-state index contributed by atoms with van der Waals surface area (Å²) in [5.74, 6) is 0. The molecule has 0 unspecified atom stereocenters. The molecule has 0 atom stereocenters. The molecule has 8 aromatic rings. The van der Waals surface area contributed by atoms with Crippen LogP contribution in [0.15, 0.2) is 188 Å². The van der Waals surface area contributed by atoms with E-state index >= 15 is 0 Å². The highest BCUT2D eigenvalue weighted by molar-refractivity contribution is 5.96. The Morgan fingerprint density at radius 2 is 0.636 bits per heavy atom. The third kappa shape index (κ3) is 5.22. The predicted octanol–water partition coefficient (Wildman–Crippen LogP) is 14.8. The zero-order chi connectivity index (χ0) is 37.3. The quantitative estimate of drug-likeness (QED) is 0.166. The lowest BCUT2D eigenvalue weighted by molar-refractivity contribution is 0.660. The van der Waals surface area contributed by atoms with Crippen molar-refractivity contribution in [1.29, 1.82) is 0 Å². The monoisotopic (exact) mass is 705 g/mol. The number of hydrogen-bond acceptors (Lipinski definition) is 1. The first-order chi connectivity index (χ1) is 26.8. The van der Waals surface area contributed by atoms with Crippen LogP contribution in [0.4, 0.5) is 17.1 Å². The average Bonchev–Trinajstić information content (AvgIpc) is 3.61. The van der Waals surface area contributed by atoms with Gasteiger partial charge in [-0.3, -0.25) is 0 Å². The Balaban J connectivity index is 1.16. The van der Waals surface area contributed by atoms with Crippen LogP contribution in [0.2, 0.25) is 0 Å². The van der Waals surface area contributed by atoms with E-state index < -0.39 is 0 Å². The molecule has 1 nitrogen and oxygen atoms in total. The van der Waals surface area contributed by atoms with Crippen LogP contribution >= 0.6 is 0 Å². The number of fused-ring (bicyclic) bond motifs is 6. The fourth-order valence-corrected chi connectivity index (χ4v) is 9.52. The van der Waals surface area contributed by atoms with Gasteiger partial charge in [-0.25, -0.2) is 0 Å². The molecule has 2 aliphatic carbocycles. The Bertz CT molecular complexity index is 2620. The Kier molecular flexibility index (Phi) is 7.58. The van der Waals surface area contributed by atoms with E-state index in [0.717, 1.165) is 17.1 Å². The second-order valence-corrected chi connectivity index (χ2v) is 16.1. The fourth-order valence-electron chi connectivity index (χ4n) is 9.52. The molecule has 0 saturated carbocycles. The summed E-state index contributed by atoms with van der Waals surface area (Å²) in [6, 6.07) is 69.5. The standard InChI is InChI=1S/C54H43N/c1-53(2)47-29-10-8-25-45(47)51-43(27-15-31-49(51)53)38-20-13-23-41(34-38)55(40-22-12-19-37(33-40)36-17-6-5-7-18-36)42-24-14-21-39(35-42)44-28-16-32-50-52(44)46-26-9-11-30-48(46)54(50,3)4/h5-35H,1-4H3. The van der Waals surface area contributed by atoms with Crippen LogP contribution in [0, 0.1) is 0 Å². The van der Waals surface area contributed by atoms with Crippen LogP contribution in [0.3, 0.4) is 0 Å². The molecular formula is C54H43N. The van der Waals surface area contributed by atoms with Crippen LogP contribution in [-0.4, -0.2) is 0 Å². The number of hydrogen-bond donors (Lipinski definition) is 0. The zero-order valence-electron chi connectivity index (χ0n) is 31.8. The van der Waals surface area contributed by atoms with Crippen molar-refractivity contribution in [2.24, 2.45) is 0 Å². The van der Waals surface area contributed by atoms with E-state index in [0.29, 0.717) is 0 Å². The molecule has 0 aliphatic heterocycles. The maximum absolute atomic E-state index is 2.43. The van der Waals surface area contributed by atoms with Gasteiger partial charge in [0.15, 0.2) is 0 Å². The molecule has 0 fully saturated rings. The van der Waals surface area contributed by atoms with E-state index in [1.165, 1.54) is 77.9 Å². The molecule has 8 aromatic carbocycles.